The average Bonchev–Trinajstić information content (AvgIpc) is 2.85. The summed E-state index contributed by atoms with van der Waals surface area (Å²) < 4.78 is 11.0. The zero-order valence-corrected chi connectivity index (χ0v) is 11.6. The van der Waals surface area contributed by atoms with E-state index in [2.05, 4.69) is 21.2 Å². The number of methoxy groups -OCH3 is 1. The smallest absolute Gasteiger partial charge is 0.337 e. The van der Waals surface area contributed by atoms with Gasteiger partial charge in [0, 0.05) is 11.0 Å². The van der Waals surface area contributed by atoms with Crippen molar-refractivity contribution in [2.24, 2.45) is 0 Å². The normalized spacial score (nSPS) is 14.8. The van der Waals surface area contributed by atoms with Gasteiger partial charge in [-0.15, -0.1) is 0 Å². The highest BCUT2D eigenvalue weighted by Crippen LogP contribution is 2.15. The van der Waals surface area contributed by atoms with Gasteiger partial charge in [0.05, 0.1) is 31.6 Å². The van der Waals surface area contributed by atoms with Crippen LogP contribution in [0.3, 0.4) is 0 Å². The molecule has 0 atom stereocenters. The zero-order chi connectivity index (χ0) is 13.0. The molecule has 0 spiro atoms. The second-order valence-corrected chi connectivity index (χ2v) is 4.84. The van der Waals surface area contributed by atoms with E-state index in [0.717, 1.165) is 15.7 Å². The second kappa shape index (κ2) is 6.02. The van der Waals surface area contributed by atoms with E-state index in [1.54, 1.807) is 0 Å². The lowest BCUT2D eigenvalue weighted by molar-refractivity contribution is -0.136. The highest BCUT2D eigenvalue weighted by atomic mass is 79.9. The molecule has 0 aliphatic carbocycles. The molecule has 0 amide bonds. The first-order valence-electron chi connectivity index (χ1n) is 5.57. The Kier molecular flexibility index (Phi) is 4.38. The van der Waals surface area contributed by atoms with Gasteiger partial charge >= 0.3 is 5.97 Å². The minimum atomic E-state index is -0.328. The van der Waals surface area contributed by atoms with Crippen molar-refractivity contribution in [3.05, 3.63) is 45.6 Å². The Labute approximate surface area is 114 Å². The van der Waals surface area contributed by atoms with Crippen molar-refractivity contribution in [2.45, 2.75) is 6.54 Å². The molecule has 0 fully saturated rings. The molecule has 96 valence electrons. The van der Waals surface area contributed by atoms with Crippen molar-refractivity contribution in [1.29, 1.82) is 0 Å². The van der Waals surface area contributed by atoms with Gasteiger partial charge in [-0.05, 0) is 17.7 Å². The van der Waals surface area contributed by atoms with Crippen molar-refractivity contribution < 1.29 is 14.3 Å². The number of esters is 1. The maximum atomic E-state index is 11.5. The summed E-state index contributed by atoms with van der Waals surface area (Å²) >= 11 is 3.39. The van der Waals surface area contributed by atoms with Gasteiger partial charge < -0.3 is 14.8 Å². The highest BCUT2D eigenvalue weighted by molar-refractivity contribution is 9.10. The van der Waals surface area contributed by atoms with Crippen LogP contribution in [-0.2, 0) is 20.8 Å². The summed E-state index contributed by atoms with van der Waals surface area (Å²) in [6.45, 7) is 1.41. The molecule has 0 saturated heterocycles. The third-order valence-electron chi connectivity index (χ3n) is 2.71. The molecule has 0 unspecified atom stereocenters. The van der Waals surface area contributed by atoms with Gasteiger partial charge in [-0.1, -0.05) is 28.1 Å². The number of nitrogens with one attached hydrogen (secondary N) is 1. The van der Waals surface area contributed by atoms with Crippen molar-refractivity contribution in [2.75, 3.05) is 20.3 Å². The maximum absolute atomic E-state index is 11.5. The fourth-order valence-corrected chi connectivity index (χ4v) is 1.97. The van der Waals surface area contributed by atoms with Crippen LogP contribution >= 0.6 is 15.9 Å². The molecule has 1 aliphatic rings. The van der Waals surface area contributed by atoms with E-state index in [9.17, 15) is 4.79 Å². The molecule has 1 aliphatic heterocycles. The molecule has 1 N–H and O–H groups in total. The van der Waals surface area contributed by atoms with Crippen molar-refractivity contribution in [3.63, 3.8) is 0 Å². The van der Waals surface area contributed by atoms with Crippen LogP contribution in [0.2, 0.25) is 0 Å². The van der Waals surface area contributed by atoms with E-state index in [-0.39, 0.29) is 5.97 Å². The van der Waals surface area contributed by atoms with Crippen LogP contribution < -0.4 is 5.32 Å². The summed E-state index contributed by atoms with van der Waals surface area (Å²) in [7, 11) is 1.37. The molecular weight excluding hydrogens is 298 g/mol. The van der Waals surface area contributed by atoms with Gasteiger partial charge in [0.2, 0.25) is 0 Å². The molecule has 1 heterocycles. The van der Waals surface area contributed by atoms with E-state index < -0.39 is 0 Å². The Hall–Kier alpha value is -1.33. The number of halogens is 1. The van der Waals surface area contributed by atoms with Crippen LogP contribution in [0.15, 0.2) is 40.0 Å². The highest BCUT2D eigenvalue weighted by Gasteiger charge is 2.21. The molecule has 0 bridgehead atoms. The monoisotopic (exact) mass is 311 g/mol. The number of rotatable bonds is 4. The van der Waals surface area contributed by atoms with Crippen LogP contribution in [-0.4, -0.2) is 26.3 Å². The van der Waals surface area contributed by atoms with Gasteiger partial charge in [-0.3, -0.25) is 0 Å². The number of ether oxygens (including phenoxy) is 2. The Morgan fingerprint density at radius 3 is 2.78 bits per heavy atom. The summed E-state index contributed by atoms with van der Waals surface area (Å²) in [6, 6.07) is 8.01. The standard InChI is InChI=1S/C13H14BrNO3/c1-17-13(16)11-7-18-8-12(11)15-6-9-2-4-10(14)5-3-9/h2-5,15H,6-8H2,1H3. The van der Waals surface area contributed by atoms with Crippen LogP contribution in [0.5, 0.6) is 0 Å². The molecule has 0 aromatic heterocycles. The minimum Gasteiger partial charge on any atom is -0.466 e. The van der Waals surface area contributed by atoms with Gasteiger partial charge in [-0.2, -0.15) is 0 Å². The topological polar surface area (TPSA) is 47.6 Å². The van der Waals surface area contributed by atoms with Crippen LogP contribution in [0.25, 0.3) is 0 Å². The lowest BCUT2D eigenvalue weighted by atomic mass is 10.2. The van der Waals surface area contributed by atoms with Crippen LogP contribution in [0, 0.1) is 0 Å². The lowest BCUT2D eigenvalue weighted by Crippen LogP contribution is -2.18. The van der Waals surface area contributed by atoms with Crippen molar-refractivity contribution >= 4 is 21.9 Å². The second-order valence-electron chi connectivity index (χ2n) is 3.92. The molecule has 1 aromatic rings. The summed E-state index contributed by atoms with van der Waals surface area (Å²) in [6.07, 6.45) is 0. The molecule has 1 aromatic carbocycles. The van der Waals surface area contributed by atoms with E-state index in [1.807, 2.05) is 24.3 Å². The zero-order valence-electron chi connectivity index (χ0n) is 10.0. The summed E-state index contributed by atoms with van der Waals surface area (Å²) in [5, 5.41) is 3.22. The fraction of sp³-hybridized carbons (Fsp3) is 0.308. The minimum absolute atomic E-state index is 0.315. The molecular formula is C13H14BrNO3. The molecule has 0 radical (unpaired) electrons. The lowest BCUT2D eigenvalue weighted by Gasteiger charge is -2.08. The number of carbonyl (C=O) groups excluding carboxylic acids is 1. The van der Waals surface area contributed by atoms with E-state index in [0.29, 0.717) is 25.3 Å². The SMILES string of the molecule is COC(=O)C1=C(NCc2ccc(Br)cc2)COC1. The molecule has 5 heteroatoms. The number of carbonyl (C=O) groups is 1. The summed E-state index contributed by atoms with van der Waals surface area (Å²) in [5.41, 5.74) is 2.53. The predicted molar refractivity (Wildman–Crippen MR) is 70.8 cm³/mol. The Morgan fingerprint density at radius 1 is 1.39 bits per heavy atom. The molecule has 0 saturated carbocycles. The Bertz CT molecular complexity index is 468. The van der Waals surface area contributed by atoms with Crippen LogP contribution in [0.4, 0.5) is 0 Å². The summed E-state index contributed by atoms with van der Waals surface area (Å²) in [4.78, 5) is 11.5. The number of hydrogen-bond donors (Lipinski definition) is 1. The van der Waals surface area contributed by atoms with Gasteiger partial charge in [0.15, 0.2) is 0 Å². The first-order valence-corrected chi connectivity index (χ1v) is 6.36. The summed E-state index contributed by atoms with van der Waals surface area (Å²) in [5.74, 6) is -0.328. The Morgan fingerprint density at radius 2 is 2.11 bits per heavy atom. The fourth-order valence-electron chi connectivity index (χ4n) is 1.70. The molecule has 2 rings (SSSR count). The van der Waals surface area contributed by atoms with Gasteiger partial charge in [0.1, 0.15) is 0 Å². The maximum Gasteiger partial charge on any atom is 0.337 e. The van der Waals surface area contributed by atoms with Crippen molar-refractivity contribution in [3.8, 4) is 0 Å². The Balaban J connectivity index is 2.00. The van der Waals surface area contributed by atoms with Gasteiger partial charge in [0.25, 0.3) is 0 Å². The van der Waals surface area contributed by atoms with E-state index >= 15 is 0 Å². The van der Waals surface area contributed by atoms with Gasteiger partial charge in [-0.25, -0.2) is 4.79 Å². The molecule has 18 heavy (non-hydrogen) atoms. The van der Waals surface area contributed by atoms with Crippen molar-refractivity contribution in [1.82, 2.24) is 5.32 Å². The van der Waals surface area contributed by atoms with Crippen LogP contribution in [0.1, 0.15) is 5.56 Å². The first kappa shape index (κ1) is 13.1. The average molecular weight is 312 g/mol. The predicted octanol–water partition coefficient (Wildman–Crippen LogP) is 2.00. The molecule has 4 nitrogen and oxygen atoms in total. The van der Waals surface area contributed by atoms with E-state index in [1.165, 1.54) is 7.11 Å². The first-order chi connectivity index (χ1) is 8.70. The third-order valence-corrected chi connectivity index (χ3v) is 3.24. The number of benzene rings is 1. The third kappa shape index (κ3) is 3.11. The van der Waals surface area contributed by atoms with E-state index in [4.69, 9.17) is 9.47 Å². The quantitative estimate of drug-likeness (QED) is 0.864. The largest absolute Gasteiger partial charge is 0.466 e. The number of hydrogen-bond acceptors (Lipinski definition) is 4.